The third-order valence-electron chi connectivity index (χ3n) is 7.54. The number of anilines is 1. The molecule has 0 fully saturated rings. The van der Waals surface area contributed by atoms with Crippen LogP contribution in [0.15, 0.2) is 94.5 Å². The summed E-state index contributed by atoms with van der Waals surface area (Å²) in [5.74, 6) is 1.24. The van der Waals surface area contributed by atoms with Crippen LogP contribution in [0.2, 0.25) is 0 Å². The third kappa shape index (κ3) is 7.41. The van der Waals surface area contributed by atoms with Crippen LogP contribution in [0, 0.1) is 5.92 Å². The number of benzene rings is 3. The summed E-state index contributed by atoms with van der Waals surface area (Å²) in [7, 11) is -1.90. The van der Waals surface area contributed by atoms with Gasteiger partial charge in [0.1, 0.15) is 21.8 Å². The molecule has 0 radical (unpaired) electrons. The van der Waals surface area contributed by atoms with Gasteiger partial charge in [-0.15, -0.1) is 11.3 Å². The Kier molecular flexibility index (Phi) is 9.90. The smallest absolute Gasteiger partial charge is 0.271 e. The van der Waals surface area contributed by atoms with Crippen LogP contribution in [-0.2, 0) is 16.6 Å². The largest absolute Gasteiger partial charge is 0.486 e. The molecule has 2 N–H and O–H groups in total. The third-order valence-corrected chi connectivity index (χ3v) is 10.3. The zero-order valence-electron chi connectivity index (χ0n) is 24.9. The Bertz CT molecular complexity index is 1650. The molecule has 9 nitrogen and oxygen atoms in total. The van der Waals surface area contributed by atoms with Crippen molar-refractivity contribution in [2.24, 2.45) is 5.92 Å². The normalized spacial score (nSPS) is 17.8. The van der Waals surface area contributed by atoms with Gasteiger partial charge < -0.3 is 19.5 Å². The molecule has 232 valence electrons. The van der Waals surface area contributed by atoms with E-state index in [1.165, 1.54) is 6.07 Å². The van der Waals surface area contributed by atoms with E-state index in [0.717, 1.165) is 28.4 Å². The van der Waals surface area contributed by atoms with Crippen molar-refractivity contribution < 1.29 is 27.8 Å². The van der Waals surface area contributed by atoms with E-state index in [-0.39, 0.29) is 39.6 Å². The van der Waals surface area contributed by atoms with Crippen molar-refractivity contribution in [3.8, 4) is 17.2 Å². The molecule has 1 aliphatic heterocycles. The second-order valence-electron chi connectivity index (χ2n) is 11.1. The Morgan fingerprint density at radius 1 is 1.05 bits per heavy atom. The molecule has 0 saturated carbocycles. The van der Waals surface area contributed by atoms with Gasteiger partial charge in [-0.2, -0.15) is 0 Å². The molecule has 4 aromatic rings. The van der Waals surface area contributed by atoms with Gasteiger partial charge in [0.05, 0.1) is 23.9 Å². The number of aliphatic hydroxyl groups is 1. The summed E-state index contributed by atoms with van der Waals surface area (Å²) in [4.78, 5) is 17.5. The summed E-state index contributed by atoms with van der Waals surface area (Å²) in [5.41, 5.74) is 1.52. The molecule has 3 atom stereocenters. The number of likely N-dealkylation sites (N-methyl/N-ethyl adjacent to an activating group) is 1. The number of thiophene rings is 1. The Balaban J connectivity index is 1.38. The number of fused-ring (bicyclic) bond motifs is 1. The van der Waals surface area contributed by atoms with E-state index in [0.29, 0.717) is 19.6 Å². The number of carbonyl (C=O) groups excluding carboxylic acids is 1. The molecule has 5 rings (SSSR count). The number of hydrogen-bond acceptors (Lipinski definition) is 8. The van der Waals surface area contributed by atoms with Crippen molar-refractivity contribution in [3.05, 3.63) is 101 Å². The predicted molar refractivity (Wildman–Crippen MR) is 172 cm³/mol. The van der Waals surface area contributed by atoms with Crippen LogP contribution in [0.5, 0.6) is 17.2 Å². The van der Waals surface area contributed by atoms with E-state index < -0.39 is 22.2 Å². The fraction of sp³-hybridized carbons (Fsp3) is 0.303. The summed E-state index contributed by atoms with van der Waals surface area (Å²) < 4.78 is 41.6. The Hall–Kier alpha value is -3.90. The fourth-order valence-corrected chi connectivity index (χ4v) is 7.18. The molecule has 1 amide bonds. The van der Waals surface area contributed by atoms with Crippen LogP contribution in [0.25, 0.3) is 0 Å². The highest BCUT2D eigenvalue weighted by molar-refractivity contribution is 7.94. The molecule has 0 aliphatic carbocycles. The highest BCUT2D eigenvalue weighted by Crippen LogP contribution is 2.36. The van der Waals surface area contributed by atoms with E-state index >= 15 is 0 Å². The molecular weight excluding hydrogens is 599 g/mol. The lowest BCUT2D eigenvalue weighted by Gasteiger charge is -2.38. The van der Waals surface area contributed by atoms with Gasteiger partial charge in [0.2, 0.25) is 0 Å². The molecule has 11 heteroatoms. The molecule has 0 saturated heterocycles. The topological polar surface area (TPSA) is 108 Å². The predicted octanol–water partition coefficient (Wildman–Crippen LogP) is 5.69. The molecule has 0 unspecified atom stereocenters. The number of sulfonamides is 1. The first kappa shape index (κ1) is 31.5. The number of ether oxygens (including phenoxy) is 2. The van der Waals surface area contributed by atoms with Crippen molar-refractivity contribution in [3.63, 3.8) is 0 Å². The van der Waals surface area contributed by atoms with Crippen LogP contribution in [0.3, 0.4) is 0 Å². The highest BCUT2D eigenvalue weighted by atomic mass is 32.2. The first-order valence-corrected chi connectivity index (χ1v) is 16.8. The number of hydrogen-bond donors (Lipinski definition) is 2. The summed E-state index contributed by atoms with van der Waals surface area (Å²) >= 11 is 1.10. The first-order chi connectivity index (χ1) is 21.1. The van der Waals surface area contributed by atoms with E-state index in [4.69, 9.17) is 9.47 Å². The minimum atomic E-state index is -3.89. The van der Waals surface area contributed by atoms with Crippen molar-refractivity contribution >= 4 is 33.0 Å². The maximum absolute atomic E-state index is 13.7. The second-order valence-corrected chi connectivity index (χ2v) is 14.0. The Morgan fingerprint density at radius 3 is 2.45 bits per heavy atom. The monoisotopic (exact) mass is 635 g/mol. The number of aliphatic hydroxyl groups excluding tert-OH is 1. The zero-order chi connectivity index (χ0) is 31.3. The highest BCUT2D eigenvalue weighted by Gasteiger charge is 2.35. The Labute approximate surface area is 262 Å². The molecular formula is C33H37N3O6S2. The van der Waals surface area contributed by atoms with Gasteiger partial charge in [-0.1, -0.05) is 49.4 Å². The van der Waals surface area contributed by atoms with Gasteiger partial charge in [0, 0.05) is 25.6 Å². The summed E-state index contributed by atoms with van der Waals surface area (Å²) in [6.45, 7) is 5.10. The molecule has 3 aromatic carbocycles. The average molecular weight is 636 g/mol. The van der Waals surface area contributed by atoms with Crippen molar-refractivity contribution in [2.75, 3.05) is 31.5 Å². The number of carbonyl (C=O) groups is 1. The minimum Gasteiger partial charge on any atom is -0.486 e. The van der Waals surface area contributed by atoms with Gasteiger partial charge in [-0.3, -0.25) is 14.4 Å². The Morgan fingerprint density at radius 2 is 1.77 bits per heavy atom. The first-order valence-electron chi connectivity index (χ1n) is 14.4. The quantitative estimate of drug-likeness (QED) is 0.218. The number of para-hydroxylation sites is 2. The standard InChI is InChI=1S/C33H37N3O6S2/c1-23-19-36(24(2)22-37)33(38)28-11-7-12-29(34-44(39,40)31-13-8-18-43-31)32(28)42-30(23)21-35(3)20-25-14-16-27(17-15-25)41-26-9-5-4-6-10-26/h4-18,23-24,30,34,37H,19-22H2,1-3H3/t23-,24+,30+/m0/s1. The van der Waals surface area contributed by atoms with Crippen LogP contribution in [0.1, 0.15) is 29.8 Å². The number of amides is 1. The second kappa shape index (κ2) is 13.8. The molecule has 1 aromatic heterocycles. The van der Waals surface area contributed by atoms with Gasteiger partial charge in [0.15, 0.2) is 5.75 Å². The van der Waals surface area contributed by atoms with Crippen molar-refractivity contribution in [1.82, 2.24) is 9.80 Å². The number of rotatable bonds is 11. The van der Waals surface area contributed by atoms with Crippen molar-refractivity contribution in [1.29, 1.82) is 0 Å². The molecule has 0 spiro atoms. The maximum atomic E-state index is 13.7. The number of nitrogens with zero attached hydrogens (tertiary/aromatic N) is 2. The van der Waals surface area contributed by atoms with Gasteiger partial charge in [0.25, 0.3) is 15.9 Å². The van der Waals surface area contributed by atoms with E-state index in [2.05, 4.69) is 9.62 Å². The number of nitrogens with one attached hydrogen (secondary N) is 1. The zero-order valence-corrected chi connectivity index (χ0v) is 26.6. The van der Waals surface area contributed by atoms with Gasteiger partial charge in [-0.25, -0.2) is 8.42 Å². The summed E-state index contributed by atoms with van der Waals surface area (Å²) in [5, 5.41) is 11.6. The van der Waals surface area contributed by atoms with E-state index in [1.807, 2.05) is 68.6 Å². The SMILES string of the molecule is C[C@H](CO)N1C[C@H](C)[C@@H](CN(C)Cc2ccc(Oc3ccccc3)cc2)Oc2c(NS(=O)(=O)c3cccs3)cccc2C1=O. The summed E-state index contributed by atoms with van der Waals surface area (Å²) in [6, 6.07) is 25.2. The lowest BCUT2D eigenvalue weighted by atomic mass is 9.99. The molecule has 2 heterocycles. The van der Waals surface area contributed by atoms with Crippen LogP contribution >= 0.6 is 11.3 Å². The average Bonchev–Trinajstić information content (AvgIpc) is 3.57. The van der Waals surface area contributed by atoms with Crippen molar-refractivity contribution in [2.45, 2.75) is 36.7 Å². The van der Waals surface area contributed by atoms with Crippen LogP contribution in [0.4, 0.5) is 5.69 Å². The molecule has 0 bridgehead atoms. The van der Waals surface area contributed by atoms with Crippen LogP contribution in [-0.4, -0.2) is 68.1 Å². The van der Waals surface area contributed by atoms with E-state index in [9.17, 15) is 18.3 Å². The maximum Gasteiger partial charge on any atom is 0.271 e. The lowest BCUT2D eigenvalue weighted by molar-refractivity contribution is 0.0344. The molecule has 1 aliphatic rings. The molecule has 44 heavy (non-hydrogen) atoms. The lowest BCUT2D eigenvalue weighted by Crippen LogP contribution is -2.49. The van der Waals surface area contributed by atoms with Gasteiger partial charge in [-0.05, 0) is 67.4 Å². The minimum absolute atomic E-state index is 0.132. The van der Waals surface area contributed by atoms with E-state index in [1.54, 1.807) is 41.5 Å². The fourth-order valence-electron chi connectivity index (χ4n) is 5.12. The van der Waals surface area contributed by atoms with Gasteiger partial charge >= 0.3 is 0 Å². The summed E-state index contributed by atoms with van der Waals surface area (Å²) in [6.07, 6.45) is -0.395. The van der Waals surface area contributed by atoms with Crippen LogP contribution < -0.4 is 14.2 Å².